The van der Waals surface area contributed by atoms with E-state index >= 15 is 0 Å². The Morgan fingerprint density at radius 3 is 2.63 bits per heavy atom. The maximum Gasteiger partial charge on any atom is 0.338 e. The van der Waals surface area contributed by atoms with Crippen LogP contribution in [0.15, 0.2) is 60.0 Å². The summed E-state index contributed by atoms with van der Waals surface area (Å²) in [5, 5.41) is 1.96. The molecule has 6 nitrogen and oxygen atoms in total. The van der Waals surface area contributed by atoms with Crippen LogP contribution >= 0.6 is 11.3 Å². The molecule has 0 saturated carbocycles. The number of thiophene rings is 1. The molecule has 0 saturated heterocycles. The number of hydrogen-bond donors (Lipinski definition) is 0. The molecule has 1 aliphatic heterocycles. The highest BCUT2D eigenvalue weighted by Crippen LogP contribution is 2.34. The molecule has 4 rings (SSSR count). The van der Waals surface area contributed by atoms with Crippen LogP contribution in [0.1, 0.15) is 20.8 Å². The molecule has 0 fully saturated rings. The summed E-state index contributed by atoms with van der Waals surface area (Å²) >= 11 is 1.56. The minimum Gasteiger partial charge on any atom is -0.486 e. The molecule has 154 valence electrons. The van der Waals surface area contributed by atoms with Crippen molar-refractivity contribution in [3.63, 3.8) is 0 Å². The van der Waals surface area contributed by atoms with Gasteiger partial charge in [0.2, 0.25) is 0 Å². The van der Waals surface area contributed by atoms with Gasteiger partial charge in [-0.1, -0.05) is 23.8 Å². The number of rotatable bonds is 6. The van der Waals surface area contributed by atoms with Gasteiger partial charge in [-0.15, -0.1) is 11.3 Å². The Morgan fingerprint density at radius 1 is 1.03 bits per heavy atom. The number of carbonyl (C=O) groups excluding carboxylic acids is 2. The van der Waals surface area contributed by atoms with Crippen molar-refractivity contribution >= 4 is 28.9 Å². The van der Waals surface area contributed by atoms with Crippen molar-refractivity contribution in [3.05, 3.63) is 76.0 Å². The fourth-order valence-corrected chi connectivity index (χ4v) is 3.84. The van der Waals surface area contributed by atoms with Gasteiger partial charge in [0.25, 0.3) is 5.91 Å². The van der Waals surface area contributed by atoms with E-state index in [9.17, 15) is 9.59 Å². The maximum absolute atomic E-state index is 13.0. The standard InChI is InChI=1S/C23H21NO5S/c1-16-4-2-5-17(12-16)23(26)29-15-22(25)24(14-19-6-3-11-30-19)18-7-8-20-21(13-18)28-10-9-27-20/h2-8,11-13H,9-10,14-15H2,1H3. The molecular weight excluding hydrogens is 402 g/mol. The number of fused-ring (bicyclic) bond motifs is 1. The van der Waals surface area contributed by atoms with Crippen LogP contribution in [0.5, 0.6) is 11.5 Å². The second-order valence-corrected chi connectivity index (χ2v) is 7.87. The van der Waals surface area contributed by atoms with Crippen LogP contribution in [0.3, 0.4) is 0 Å². The minimum atomic E-state index is -0.523. The molecule has 1 amide bonds. The lowest BCUT2D eigenvalue weighted by atomic mass is 10.1. The molecule has 7 heteroatoms. The lowest BCUT2D eigenvalue weighted by molar-refractivity contribution is -0.121. The Hall–Kier alpha value is -3.32. The van der Waals surface area contributed by atoms with Crippen LogP contribution in [0, 0.1) is 6.92 Å². The van der Waals surface area contributed by atoms with Crippen molar-refractivity contribution < 1.29 is 23.8 Å². The number of esters is 1. The third-order valence-corrected chi connectivity index (χ3v) is 5.47. The number of amides is 1. The van der Waals surface area contributed by atoms with E-state index in [0.717, 1.165) is 10.4 Å². The first kappa shape index (κ1) is 20.0. The number of carbonyl (C=O) groups is 2. The summed E-state index contributed by atoms with van der Waals surface area (Å²) in [7, 11) is 0. The zero-order valence-corrected chi connectivity index (χ0v) is 17.3. The van der Waals surface area contributed by atoms with Crippen molar-refractivity contribution in [2.24, 2.45) is 0 Å². The summed E-state index contributed by atoms with van der Waals surface area (Å²) < 4.78 is 16.5. The molecule has 0 bridgehead atoms. The van der Waals surface area contributed by atoms with Gasteiger partial charge in [0.15, 0.2) is 18.1 Å². The second kappa shape index (κ2) is 9.00. The Morgan fingerprint density at radius 2 is 1.87 bits per heavy atom. The zero-order chi connectivity index (χ0) is 20.9. The Labute approximate surface area is 178 Å². The summed E-state index contributed by atoms with van der Waals surface area (Å²) in [6.45, 7) is 2.87. The van der Waals surface area contributed by atoms with E-state index in [1.54, 1.807) is 52.6 Å². The van der Waals surface area contributed by atoms with Crippen LogP contribution < -0.4 is 14.4 Å². The van der Waals surface area contributed by atoms with Gasteiger partial charge in [0.1, 0.15) is 13.2 Å². The van der Waals surface area contributed by atoms with Crippen molar-refractivity contribution in [3.8, 4) is 11.5 Å². The normalized spacial score (nSPS) is 12.3. The monoisotopic (exact) mass is 423 g/mol. The minimum absolute atomic E-state index is 0.318. The summed E-state index contributed by atoms with van der Waals surface area (Å²) in [4.78, 5) is 28.0. The van der Waals surface area contributed by atoms with E-state index in [-0.39, 0.29) is 12.5 Å². The highest BCUT2D eigenvalue weighted by atomic mass is 32.1. The van der Waals surface area contributed by atoms with E-state index in [4.69, 9.17) is 14.2 Å². The largest absolute Gasteiger partial charge is 0.486 e. The van der Waals surface area contributed by atoms with E-state index < -0.39 is 5.97 Å². The van der Waals surface area contributed by atoms with E-state index in [1.165, 1.54) is 0 Å². The van der Waals surface area contributed by atoms with E-state index in [1.807, 2.05) is 30.5 Å². The Kier molecular flexibility index (Phi) is 5.99. The van der Waals surface area contributed by atoms with Gasteiger partial charge < -0.3 is 19.1 Å². The van der Waals surface area contributed by atoms with Gasteiger partial charge >= 0.3 is 5.97 Å². The first-order valence-corrected chi connectivity index (χ1v) is 10.4. The topological polar surface area (TPSA) is 65.1 Å². The van der Waals surface area contributed by atoms with Gasteiger partial charge in [0, 0.05) is 16.6 Å². The van der Waals surface area contributed by atoms with Gasteiger partial charge in [-0.3, -0.25) is 4.79 Å². The quantitative estimate of drug-likeness (QED) is 0.556. The SMILES string of the molecule is Cc1cccc(C(=O)OCC(=O)N(Cc2cccs2)c2ccc3c(c2)OCCO3)c1. The third-order valence-electron chi connectivity index (χ3n) is 4.61. The maximum atomic E-state index is 13.0. The summed E-state index contributed by atoms with van der Waals surface area (Å²) in [6, 6.07) is 16.4. The molecule has 2 aromatic carbocycles. The molecule has 0 N–H and O–H groups in total. The van der Waals surface area contributed by atoms with Crippen molar-refractivity contribution in [2.75, 3.05) is 24.7 Å². The van der Waals surface area contributed by atoms with Crippen LogP contribution in [-0.2, 0) is 16.1 Å². The lowest BCUT2D eigenvalue weighted by Gasteiger charge is -2.25. The van der Waals surface area contributed by atoms with Crippen LogP contribution in [0.4, 0.5) is 5.69 Å². The summed E-state index contributed by atoms with van der Waals surface area (Å²) in [5.74, 6) is 0.408. The predicted octanol–water partition coefficient (Wildman–Crippen LogP) is 4.22. The number of nitrogens with zero attached hydrogens (tertiary/aromatic N) is 1. The molecular formula is C23H21NO5S. The first-order chi connectivity index (χ1) is 14.6. The van der Waals surface area contributed by atoms with E-state index in [0.29, 0.717) is 42.5 Å². The Balaban J connectivity index is 1.52. The lowest BCUT2D eigenvalue weighted by Crippen LogP contribution is -2.34. The van der Waals surface area contributed by atoms with Crippen LogP contribution in [0.2, 0.25) is 0 Å². The zero-order valence-electron chi connectivity index (χ0n) is 16.5. The summed E-state index contributed by atoms with van der Waals surface area (Å²) in [6.07, 6.45) is 0. The third kappa shape index (κ3) is 4.63. The van der Waals surface area contributed by atoms with Crippen LogP contribution in [0.25, 0.3) is 0 Å². The highest BCUT2D eigenvalue weighted by molar-refractivity contribution is 7.09. The molecule has 0 atom stereocenters. The Bertz CT molecular complexity index is 1050. The fraction of sp³-hybridized carbons (Fsp3) is 0.217. The molecule has 0 unspecified atom stereocenters. The number of hydrogen-bond acceptors (Lipinski definition) is 6. The molecule has 2 heterocycles. The van der Waals surface area contributed by atoms with Crippen LogP contribution in [-0.4, -0.2) is 31.7 Å². The average Bonchev–Trinajstić information content (AvgIpc) is 3.28. The fourth-order valence-electron chi connectivity index (χ4n) is 3.14. The number of aryl methyl sites for hydroxylation is 1. The smallest absolute Gasteiger partial charge is 0.338 e. The van der Waals surface area contributed by atoms with Gasteiger partial charge in [-0.25, -0.2) is 4.79 Å². The van der Waals surface area contributed by atoms with E-state index in [2.05, 4.69) is 0 Å². The van der Waals surface area contributed by atoms with Gasteiger partial charge in [-0.2, -0.15) is 0 Å². The number of ether oxygens (including phenoxy) is 3. The average molecular weight is 423 g/mol. The van der Waals surface area contributed by atoms with Crippen molar-refractivity contribution in [2.45, 2.75) is 13.5 Å². The highest BCUT2D eigenvalue weighted by Gasteiger charge is 2.22. The molecule has 0 spiro atoms. The molecule has 1 aliphatic rings. The second-order valence-electron chi connectivity index (χ2n) is 6.83. The van der Waals surface area contributed by atoms with Crippen molar-refractivity contribution in [1.82, 2.24) is 0 Å². The molecule has 30 heavy (non-hydrogen) atoms. The molecule has 0 aliphatic carbocycles. The van der Waals surface area contributed by atoms with Crippen molar-refractivity contribution in [1.29, 1.82) is 0 Å². The number of benzene rings is 2. The summed E-state index contributed by atoms with van der Waals surface area (Å²) in [5.41, 5.74) is 2.03. The number of anilines is 1. The predicted molar refractivity (Wildman–Crippen MR) is 114 cm³/mol. The first-order valence-electron chi connectivity index (χ1n) is 9.56. The van der Waals surface area contributed by atoms with Gasteiger partial charge in [-0.05, 0) is 42.6 Å². The molecule has 1 aromatic heterocycles. The molecule has 3 aromatic rings. The molecule has 0 radical (unpaired) electrons. The van der Waals surface area contributed by atoms with Gasteiger partial charge in [0.05, 0.1) is 12.1 Å².